The topological polar surface area (TPSA) is 220 Å². The molecule has 288 valence electrons. The van der Waals surface area contributed by atoms with E-state index in [1.54, 1.807) is 24.3 Å². The summed E-state index contributed by atoms with van der Waals surface area (Å²) in [7, 11) is 0. The van der Waals surface area contributed by atoms with E-state index in [0.717, 1.165) is 23.1 Å². The number of carboxylic acids is 1. The van der Waals surface area contributed by atoms with Gasteiger partial charge in [0.15, 0.2) is 0 Å². The number of benzene rings is 2. The Balaban J connectivity index is 1.34. The van der Waals surface area contributed by atoms with Gasteiger partial charge in [0.05, 0.1) is 23.0 Å². The number of alkyl halides is 3. The maximum atomic E-state index is 14.2. The van der Waals surface area contributed by atoms with Crippen molar-refractivity contribution in [2.45, 2.75) is 88.1 Å². The minimum atomic E-state index is -4.64. The number of aromatic amines is 1. The highest BCUT2D eigenvalue weighted by atomic mass is 19.4. The van der Waals surface area contributed by atoms with Gasteiger partial charge in [0.25, 0.3) is 5.56 Å². The lowest BCUT2D eigenvalue weighted by Crippen LogP contribution is -2.55. The van der Waals surface area contributed by atoms with E-state index in [-0.39, 0.29) is 62.9 Å². The molecule has 0 radical (unpaired) electrons. The third-order valence-corrected chi connectivity index (χ3v) is 9.28. The summed E-state index contributed by atoms with van der Waals surface area (Å²) in [5.74, 6) is -4.69. The van der Waals surface area contributed by atoms with Crippen molar-refractivity contribution in [1.29, 1.82) is 0 Å². The molecule has 5 amide bonds. The normalized spacial score (nSPS) is 21.6. The average molecular weight is 756 g/mol. The monoisotopic (exact) mass is 755 g/mol. The number of carbonyl (C=O) groups excluding carboxylic acids is 5. The Morgan fingerprint density at radius 3 is 2.50 bits per heavy atom. The predicted molar refractivity (Wildman–Crippen MR) is 185 cm³/mol. The van der Waals surface area contributed by atoms with Gasteiger partial charge in [-0.25, -0.2) is 9.78 Å². The van der Waals surface area contributed by atoms with E-state index >= 15 is 0 Å². The number of fused-ring (bicyclic) bond motifs is 2. The average Bonchev–Trinajstić information content (AvgIpc) is 3.54. The van der Waals surface area contributed by atoms with Crippen LogP contribution in [0.5, 0.6) is 0 Å². The van der Waals surface area contributed by atoms with E-state index in [4.69, 9.17) is 0 Å². The molecule has 2 fully saturated rings. The molecule has 0 spiro atoms. The first-order valence-electron chi connectivity index (χ1n) is 17.5. The fourth-order valence-electron chi connectivity index (χ4n) is 6.54. The molecule has 5 rings (SSSR count). The predicted octanol–water partition coefficient (Wildman–Crippen LogP) is 1.34. The number of hydrogen-bond acceptors (Lipinski definition) is 8. The van der Waals surface area contributed by atoms with Gasteiger partial charge in [-0.3, -0.25) is 28.8 Å². The summed E-state index contributed by atoms with van der Waals surface area (Å²) in [5, 5.41) is 20.2. The molecular formula is C36H40F3N7O8. The van der Waals surface area contributed by atoms with E-state index in [0.29, 0.717) is 23.9 Å². The van der Waals surface area contributed by atoms with Crippen molar-refractivity contribution in [3.8, 4) is 0 Å². The maximum Gasteiger partial charge on any atom is 0.416 e. The zero-order chi connectivity index (χ0) is 39.0. The largest absolute Gasteiger partial charge is 0.480 e. The Bertz CT molecular complexity index is 1970. The lowest BCUT2D eigenvalue weighted by atomic mass is 10.0. The second-order valence-electron chi connectivity index (χ2n) is 13.3. The Labute approximate surface area is 306 Å². The van der Waals surface area contributed by atoms with Gasteiger partial charge >= 0.3 is 12.1 Å². The summed E-state index contributed by atoms with van der Waals surface area (Å²) in [4.78, 5) is 99.2. The lowest BCUT2D eigenvalue weighted by molar-refractivity contribution is -0.145. The van der Waals surface area contributed by atoms with Crippen LogP contribution in [0.25, 0.3) is 11.0 Å². The molecule has 4 atom stereocenters. The molecule has 6 N–H and O–H groups in total. The standard InChI is InChI=1S/C36H40F3N7O8/c37-36(38,39)21-7-5-6-20(16-21)17-31(49)43-26-10-3-4-15-40-29(47)13-12-27(35(53)54)45-33(51)28-18-22(19-46(28)34(26)52)41-30(48)14-11-25-32(50)44-24-9-2-1-8-23(24)42-25/h1-2,5-9,16,22,26-28H,3-4,10-15,17-19H2,(H,40,47)(H,41,48)(H,43,49)(H,44,50)(H,45,51)(H,53,54)/t22-,26+,27+,28+/m1/s1. The molecule has 2 aliphatic rings. The number of halogens is 3. The van der Waals surface area contributed by atoms with Gasteiger partial charge in [0.2, 0.25) is 29.5 Å². The number of aliphatic carboxylic acids is 1. The Hall–Kier alpha value is -5.81. The van der Waals surface area contributed by atoms with E-state index in [2.05, 4.69) is 31.2 Å². The molecule has 18 heteroatoms. The molecule has 2 saturated heterocycles. The van der Waals surface area contributed by atoms with Crippen molar-refractivity contribution in [2.24, 2.45) is 0 Å². The van der Waals surface area contributed by atoms with Crippen LogP contribution in [0, 0.1) is 0 Å². The first-order valence-corrected chi connectivity index (χ1v) is 17.5. The molecule has 0 unspecified atom stereocenters. The van der Waals surface area contributed by atoms with Gasteiger partial charge in [-0.05, 0) is 55.9 Å². The van der Waals surface area contributed by atoms with Gasteiger partial charge in [0.1, 0.15) is 23.8 Å². The van der Waals surface area contributed by atoms with Gasteiger partial charge < -0.3 is 36.3 Å². The van der Waals surface area contributed by atoms with E-state index in [1.807, 2.05) is 0 Å². The molecule has 2 aromatic carbocycles. The fraction of sp³-hybridized carbons (Fsp3) is 0.444. The molecule has 3 aromatic rings. The summed E-state index contributed by atoms with van der Waals surface area (Å²) in [5.41, 5.74) is -0.146. The number of nitrogens with zero attached hydrogens (tertiary/aromatic N) is 2. The van der Waals surface area contributed by atoms with Crippen LogP contribution >= 0.6 is 0 Å². The summed E-state index contributed by atoms with van der Waals surface area (Å²) >= 11 is 0. The Morgan fingerprint density at radius 1 is 0.963 bits per heavy atom. The number of H-pyrrole nitrogens is 1. The summed E-state index contributed by atoms with van der Waals surface area (Å²) in [6.07, 6.45) is -5.14. The number of carbonyl (C=O) groups is 6. The quantitative estimate of drug-likeness (QED) is 0.195. The van der Waals surface area contributed by atoms with Crippen molar-refractivity contribution in [3.05, 3.63) is 75.7 Å². The minimum absolute atomic E-state index is 0.0147. The first-order chi connectivity index (χ1) is 25.7. The van der Waals surface area contributed by atoms with Crippen molar-refractivity contribution < 1.29 is 47.0 Å². The van der Waals surface area contributed by atoms with Gasteiger partial charge in [-0.15, -0.1) is 0 Å². The second-order valence-corrected chi connectivity index (χ2v) is 13.3. The number of rotatable bonds is 8. The fourth-order valence-corrected chi connectivity index (χ4v) is 6.54. The third-order valence-electron chi connectivity index (χ3n) is 9.28. The highest BCUT2D eigenvalue weighted by Gasteiger charge is 2.43. The van der Waals surface area contributed by atoms with Crippen molar-refractivity contribution in [3.63, 3.8) is 0 Å². The van der Waals surface area contributed by atoms with Crippen molar-refractivity contribution in [2.75, 3.05) is 13.1 Å². The summed E-state index contributed by atoms with van der Waals surface area (Å²) in [6.45, 7) is -0.0156. The number of aromatic nitrogens is 2. The summed E-state index contributed by atoms with van der Waals surface area (Å²) in [6, 6.07) is 6.28. The molecule has 2 aliphatic heterocycles. The SMILES string of the molecule is O=C1CC[C@@H](C(=O)O)NC(=O)[C@@H]2C[C@@H](NC(=O)CCc3nc4ccccc4[nH]c3=O)CN2C(=O)[C@@H](NC(=O)Cc2cccc(C(F)(F)F)c2)CCCCN1. The first kappa shape index (κ1) is 39.4. The number of aryl methyl sites for hydroxylation is 1. The van der Waals surface area contributed by atoms with E-state index in [1.165, 1.54) is 6.07 Å². The molecule has 0 bridgehead atoms. The van der Waals surface area contributed by atoms with Crippen LogP contribution in [0.4, 0.5) is 13.2 Å². The molecular weight excluding hydrogens is 715 g/mol. The zero-order valence-corrected chi connectivity index (χ0v) is 29.0. The smallest absolute Gasteiger partial charge is 0.416 e. The van der Waals surface area contributed by atoms with Crippen LogP contribution < -0.4 is 26.8 Å². The molecule has 15 nitrogen and oxygen atoms in total. The molecule has 3 heterocycles. The second kappa shape index (κ2) is 17.3. The van der Waals surface area contributed by atoms with Crippen LogP contribution in [0.3, 0.4) is 0 Å². The van der Waals surface area contributed by atoms with Gasteiger partial charge in [-0.1, -0.05) is 30.3 Å². The molecule has 0 aliphatic carbocycles. The van der Waals surface area contributed by atoms with E-state index < -0.39 is 83.4 Å². The lowest BCUT2D eigenvalue weighted by Gasteiger charge is -2.29. The zero-order valence-electron chi connectivity index (χ0n) is 29.0. The van der Waals surface area contributed by atoms with Crippen molar-refractivity contribution >= 4 is 46.5 Å². The highest BCUT2D eigenvalue weighted by Crippen LogP contribution is 2.29. The Morgan fingerprint density at radius 2 is 1.74 bits per heavy atom. The molecule has 1 aromatic heterocycles. The van der Waals surface area contributed by atoms with Gasteiger partial charge in [0, 0.05) is 38.4 Å². The number of hydrogen-bond donors (Lipinski definition) is 6. The summed E-state index contributed by atoms with van der Waals surface area (Å²) < 4.78 is 39.9. The van der Waals surface area contributed by atoms with Crippen LogP contribution in [0.15, 0.2) is 53.3 Å². The number of amides is 5. The highest BCUT2D eigenvalue weighted by molar-refractivity contribution is 5.94. The molecule has 0 saturated carbocycles. The maximum absolute atomic E-state index is 14.2. The van der Waals surface area contributed by atoms with Crippen LogP contribution in [-0.4, -0.2) is 92.7 Å². The van der Waals surface area contributed by atoms with Crippen LogP contribution in [0.2, 0.25) is 0 Å². The third kappa shape index (κ3) is 10.4. The van der Waals surface area contributed by atoms with E-state index in [9.17, 15) is 51.8 Å². The minimum Gasteiger partial charge on any atom is -0.480 e. The number of nitrogens with one attached hydrogen (secondary N) is 5. The van der Waals surface area contributed by atoms with Gasteiger partial charge in [-0.2, -0.15) is 13.2 Å². The van der Waals surface area contributed by atoms with Crippen LogP contribution in [0.1, 0.15) is 61.8 Å². The molecule has 54 heavy (non-hydrogen) atoms. The number of para-hydroxylation sites is 2. The Kier molecular flexibility index (Phi) is 12.7. The number of carboxylic acid groups (broad SMARTS) is 1. The van der Waals surface area contributed by atoms with Crippen molar-refractivity contribution in [1.82, 2.24) is 36.1 Å². The van der Waals surface area contributed by atoms with Crippen LogP contribution in [-0.2, 0) is 47.8 Å².